The molecule has 0 amide bonds. The van der Waals surface area contributed by atoms with Crippen LogP contribution in [-0.2, 0) is 13.2 Å². The zero-order chi connectivity index (χ0) is 14.4. The highest BCUT2D eigenvalue weighted by Crippen LogP contribution is 2.23. The van der Waals surface area contributed by atoms with Crippen LogP contribution in [0.1, 0.15) is 25.2 Å². The average molecular weight is 279 g/mol. The van der Waals surface area contributed by atoms with Gasteiger partial charge in [-0.1, -0.05) is 31.1 Å². The minimum atomic E-state index is -0.391. The summed E-state index contributed by atoms with van der Waals surface area (Å²) >= 11 is 0. The third kappa shape index (κ3) is 4.03. The Morgan fingerprint density at radius 3 is 2.95 bits per heavy atom. The van der Waals surface area contributed by atoms with E-state index in [-0.39, 0.29) is 12.4 Å². The first-order valence-corrected chi connectivity index (χ1v) is 6.53. The molecule has 1 aromatic heterocycles. The molecule has 0 aliphatic carbocycles. The van der Waals surface area contributed by atoms with Gasteiger partial charge in [0.1, 0.15) is 0 Å². The smallest absolute Gasteiger partial charge is 0.213 e. The number of halogens is 1. The van der Waals surface area contributed by atoms with Gasteiger partial charge in [-0.15, -0.1) is 0 Å². The lowest BCUT2D eigenvalue weighted by molar-refractivity contribution is 0.270. The Morgan fingerprint density at radius 1 is 1.40 bits per heavy atom. The molecule has 20 heavy (non-hydrogen) atoms. The molecule has 2 rings (SSSR count). The molecule has 108 valence electrons. The zero-order valence-electron chi connectivity index (χ0n) is 11.6. The van der Waals surface area contributed by atoms with E-state index in [1.165, 1.54) is 12.5 Å². The maximum absolute atomic E-state index is 13.8. The predicted molar refractivity (Wildman–Crippen MR) is 71.6 cm³/mol. The van der Waals surface area contributed by atoms with Crippen molar-refractivity contribution in [1.29, 1.82) is 0 Å². The summed E-state index contributed by atoms with van der Waals surface area (Å²) in [7, 11) is 0. The Bertz CT molecular complexity index is 529. The standard InChI is InChI=1S/C14H18FN3O2/c1-10(2)6-16-7-11-4-3-5-12(15)14(11)19-8-13-17-9-20-18-13/h3-5,9-10,16H,6-8H2,1-2H3. The summed E-state index contributed by atoms with van der Waals surface area (Å²) in [4.78, 5) is 3.84. The molecule has 0 aliphatic rings. The molecule has 0 radical (unpaired) electrons. The van der Waals surface area contributed by atoms with Gasteiger partial charge in [0.2, 0.25) is 12.2 Å². The topological polar surface area (TPSA) is 60.2 Å². The van der Waals surface area contributed by atoms with Crippen molar-refractivity contribution in [2.75, 3.05) is 6.54 Å². The summed E-state index contributed by atoms with van der Waals surface area (Å²) in [6, 6.07) is 4.88. The molecule has 1 heterocycles. The van der Waals surface area contributed by atoms with Crippen LogP contribution in [0.2, 0.25) is 0 Å². The van der Waals surface area contributed by atoms with Crippen LogP contribution >= 0.6 is 0 Å². The minimum Gasteiger partial charge on any atom is -0.482 e. The highest BCUT2D eigenvalue weighted by molar-refractivity contribution is 5.34. The van der Waals surface area contributed by atoms with E-state index in [9.17, 15) is 4.39 Å². The number of hydrogen-bond acceptors (Lipinski definition) is 5. The lowest BCUT2D eigenvalue weighted by atomic mass is 10.1. The summed E-state index contributed by atoms with van der Waals surface area (Å²) < 4.78 is 23.9. The molecule has 0 saturated heterocycles. The minimum absolute atomic E-state index is 0.0780. The van der Waals surface area contributed by atoms with E-state index in [2.05, 4.69) is 33.8 Å². The average Bonchev–Trinajstić information content (AvgIpc) is 2.90. The Labute approximate surface area is 117 Å². The summed E-state index contributed by atoms with van der Waals surface area (Å²) in [6.45, 7) is 5.73. The van der Waals surface area contributed by atoms with Gasteiger partial charge < -0.3 is 14.6 Å². The summed E-state index contributed by atoms with van der Waals surface area (Å²) in [6.07, 6.45) is 1.21. The van der Waals surface area contributed by atoms with E-state index in [1.807, 2.05) is 6.07 Å². The molecule has 1 N–H and O–H groups in total. The number of aromatic nitrogens is 2. The number of benzene rings is 1. The van der Waals surface area contributed by atoms with Crippen molar-refractivity contribution in [1.82, 2.24) is 15.5 Å². The zero-order valence-corrected chi connectivity index (χ0v) is 11.6. The molecule has 0 atom stereocenters. The molecule has 0 bridgehead atoms. The van der Waals surface area contributed by atoms with E-state index < -0.39 is 5.82 Å². The maximum atomic E-state index is 13.8. The summed E-state index contributed by atoms with van der Waals surface area (Å²) in [5.74, 6) is 0.757. The van der Waals surface area contributed by atoms with E-state index in [0.29, 0.717) is 18.3 Å². The van der Waals surface area contributed by atoms with Crippen LogP contribution < -0.4 is 10.1 Å². The second kappa shape index (κ2) is 7.00. The van der Waals surface area contributed by atoms with Crippen LogP contribution in [0.25, 0.3) is 0 Å². The van der Waals surface area contributed by atoms with Gasteiger partial charge in [0, 0.05) is 12.1 Å². The van der Waals surface area contributed by atoms with Crippen molar-refractivity contribution in [3.05, 3.63) is 41.8 Å². The fraction of sp³-hybridized carbons (Fsp3) is 0.429. The Hall–Kier alpha value is -1.95. The first-order valence-electron chi connectivity index (χ1n) is 6.53. The van der Waals surface area contributed by atoms with Crippen molar-refractivity contribution in [2.45, 2.75) is 27.0 Å². The van der Waals surface area contributed by atoms with Crippen molar-refractivity contribution >= 4 is 0 Å². The molecular formula is C14H18FN3O2. The van der Waals surface area contributed by atoms with Crippen LogP contribution in [0.15, 0.2) is 29.1 Å². The van der Waals surface area contributed by atoms with Gasteiger partial charge in [-0.2, -0.15) is 4.98 Å². The van der Waals surface area contributed by atoms with Gasteiger partial charge in [-0.25, -0.2) is 4.39 Å². The van der Waals surface area contributed by atoms with Crippen LogP contribution in [0.5, 0.6) is 5.75 Å². The van der Waals surface area contributed by atoms with E-state index in [1.54, 1.807) is 6.07 Å². The fourth-order valence-electron chi connectivity index (χ4n) is 1.74. The third-order valence-electron chi connectivity index (χ3n) is 2.67. The van der Waals surface area contributed by atoms with Gasteiger partial charge in [-0.3, -0.25) is 0 Å². The second-order valence-electron chi connectivity index (χ2n) is 4.89. The van der Waals surface area contributed by atoms with Gasteiger partial charge in [0.15, 0.2) is 18.2 Å². The third-order valence-corrected chi connectivity index (χ3v) is 2.67. The van der Waals surface area contributed by atoms with Gasteiger partial charge >= 0.3 is 0 Å². The molecule has 6 heteroatoms. The normalized spacial score (nSPS) is 11.0. The monoisotopic (exact) mass is 279 g/mol. The highest BCUT2D eigenvalue weighted by Gasteiger charge is 2.11. The Kier molecular flexibility index (Phi) is 5.06. The number of nitrogens with one attached hydrogen (secondary N) is 1. The first kappa shape index (κ1) is 14.5. The lowest BCUT2D eigenvalue weighted by Gasteiger charge is -2.13. The maximum Gasteiger partial charge on any atom is 0.213 e. The van der Waals surface area contributed by atoms with Crippen LogP contribution in [-0.4, -0.2) is 16.7 Å². The molecule has 2 aromatic rings. The summed E-state index contributed by atoms with van der Waals surface area (Å²) in [5.41, 5.74) is 0.772. The van der Waals surface area contributed by atoms with Crippen molar-refractivity contribution < 1.29 is 13.7 Å². The van der Waals surface area contributed by atoms with E-state index >= 15 is 0 Å². The molecule has 1 aromatic carbocycles. The molecule has 0 saturated carbocycles. The Balaban J connectivity index is 2.01. The SMILES string of the molecule is CC(C)CNCc1cccc(F)c1OCc1ncon1. The number of nitrogens with zero attached hydrogens (tertiary/aromatic N) is 2. The highest BCUT2D eigenvalue weighted by atomic mass is 19.1. The van der Waals surface area contributed by atoms with Gasteiger partial charge in [0.25, 0.3) is 0 Å². The van der Waals surface area contributed by atoms with Crippen molar-refractivity contribution in [3.8, 4) is 5.75 Å². The summed E-state index contributed by atoms with van der Waals surface area (Å²) in [5, 5.41) is 6.89. The van der Waals surface area contributed by atoms with Gasteiger partial charge in [-0.05, 0) is 18.5 Å². The van der Waals surface area contributed by atoms with Crippen molar-refractivity contribution in [3.63, 3.8) is 0 Å². The largest absolute Gasteiger partial charge is 0.482 e. The van der Waals surface area contributed by atoms with Crippen LogP contribution in [0.3, 0.4) is 0 Å². The second-order valence-corrected chi connectivity index (χ2v) is 4.89. The number of ether oxygens (including phenoxy) is 1. The van der Waals surface area contributed by atoms with E-state index in [4.69, 9.17) is 4.74 Å². The predicted octanol–water partition coefficient (Wildman–Crippen LogP) is 2.53. The van der Waals surface area contributed by atoms with Crippen LogP contribution in [0, 0.1) is 11.7 Å². The number of hydrogen-bond donors (Lipinski definition) is 1. The van der Waals surface area contributed by atoms with Gasteiger partial charge in [0.05, 0.1) is 0 Å². The molecule has 0 fully saturated rings. The van der Waals surface area contributed by atoms with Crippen molar-refractivity contribution in [2.24, 2.45) is 5.92 Å². The molecule has 0 aliphatic heterocycles. The lowest BCUT2D eigenvalue weighted by Crippen LogP contribution is -2.19. The molecule has 0 unspecified atom stereocenters. The number of para-hydroxylation sites is 1. The molecule has 5 nitrogen and oxygen atoms in total. The Morgan fingerprint density at radius 2 is 2.25 bits per heavy atom. The number of rotatable bonds is 7. The van der Waals surface area contributed by atoms with Crippen LogP contribution in [0.4, 0.5) is 4.39 Å². The molecule has 0 spiro atoms. The molecular weight excluding hydrogens is 261 g/mol. The fourth-order valence-corrected chi connectivity index (χ4v) is 1.74. The van der Waals surface area contributed by atoms with E-state index in [0.717, 1.165) is 12.1 Å². The first-order chi connectivity index (χ1) is 9.66. The quantitative estimate of drug-likeness (QED) is 0.844.